The number of nitrogens with one attached hydrogen (secondary N) is 1. The predicted molar refractivity (Wildman–Crippen MR) is 122 cm³/mol. The number of morpholine rings is 1. The molecule has 8 heteroatoms. The molecule has 1 amide bonds. The Kier molecular flexibility index (Phi) is 7.06. The van der Waals surface area contributed by atoms with Crippen molar-refractivity contribution in [2.24, 2.45) is 0 Å². The molecule has 2 saturated heterocycles. The highest BCUT2D eigenvalue weighted by Crippen LogP contribution is 2.36. The van der Waals surface area contributed by atoms with Gasteiger partial charge in [0, 0.05) is 19.6 Å². The summed E-state index contributed by atoms with van der Waals surface area (Å²) in [4.78, 5) is 14.8. The number of hydrogen-bond donors (Lipinski definition) is 1. The largest absolute Gasteiger partial charge is 0.494 e. The number of rotatable bonds is 5. The van der Waals surface area contributed by atoms with E-state index in [1.54, 1.807) is 0 Å². The lowest BCUT2D eigenvalue weighted by atomic mass is 9.78. The van der Waals surface area contributed by atoms with Crippen molar-refractivity contribution in [3.05, 3.63) is 29.8 Å². The quantitative estimate of drug-likeness (QED) is 0.722. The molecule has 7 nitrogen and oxygen atoms in total. The number of nitrogens with zero attached hydrogens (tertiary/aromatic N) is 1. The Labute approximate surface area is 186 Å². The standard InChI is InChI=1S/C23H37BN2O5/c1-21(2,3)29-20(27)25-19(16-26-12-14-28-15-13-26)17-8-10-18(11-9-17)24-30-22(4,5)23(6,7)31-24/h8-11,19H,12-16H2,1-7H3,(H,25,27)/t19-/m0/s1. The topological polar surface area (TPSA) is 69.3 Å². The molecule has 31 heavy (non-hydrogen) atoms. The molecule has 2 aliphatic heterocycles. The zero-order chi connectivity index (χ0) is 22.9. The van der Waals surface area contributed by atoms with Gasteiger partial charge in [-0.15, -0.1) is 0 Å². The summed E-state index contributed by atoms with van der Waals surface area (Å²) in [6, 6.07) is 7.90. The van der Waals surface area contributed by atoms with Crippen LogP contribution in [0.25, 0.3) is 0 Å². The monoisotopic (exact) mass is 432 g/mol. The van der Waals surface area contributed by atoms with Crippen LogP contribution in [0.4, 0.5) is 4.79 Å². The van der Waals surface area contributed by atoms with E-state index < -0.39 is 18.8 Å². The zero-order valence-corrected chi connectivity index (χ0v) is 20.0. The average molecular weight is 432 g/mol. The van der Waals surface area contributed by atoms with Crippen LogP contribution in [-0.4, -0.2) is 67.8 Å². The molecule has 1 N–H and O–H groups in total. The third kappa shape index (κ3) is 6.22. The van der Waals surface area contributed by atoms with Crippen molar-refractivity contribution >= 4 is 18.7 Å². The Morgan fingerprint density at radius 1 is 1.10 bits per heavy atom. The van der Waals surface area contributed by atoms with Crippen LogP contribution >= 0.6 is 0 Å². The first kappa shape index (κ1) is 24.0. The number of hydrogen-bond acceptors (Lipinski definition) is 6. The second-order valence-electron chi connectivity index (χ2n) is 10.4. The first-order valence-corrected chi connectivity index (χ1v) is 11.1. The van der Waals surface area contributed by atoms with Gasteiger partial charge in [-0.1, -0.05) is 24.3 Å². The molecule has 2 heterocycles. The first-order valence-electron chi connectivity index (χ1n) is 11.1. The molecular formula is C23H37BN2O5. The van der Waals surface area contributed by atoms with Crippen LogP contribution < -0.4 is 10.8 Å². The molecule has 1 atom stereocenters. The van der Waals surface area contributed by atoms with Crippen molar-refractivity contribution in [2.45, 2.75) is 71.3 Å². The predicted octanol–water partition coefficient (Wildman–Crippen LogP) is 2.88. The lowest BCUT2D eigenvalue weighted by Gasteiger charge is -2.32. The van der Waals surface area contributed by atoms with Crippen LogP contribution in [0.2, 0.25) is 0 Å². The third-order valence-corrected chi connectivity index (χ3v) is 6.10. The number of benzene rings is 1. The highest BCUT2D eigenvalue weighted by Gasteiger charge is 2.51. The van der Waals surface area contributed by atoms with Crippen molar-refractivity contribution in [1.29, 1.82) is 0 Å². The van der Waals surface area contributed by atoms with Crippen molar-refractivity contribution < 1.29 is 23.6 Å². The summed E-state index contributed by atoms with van der Waals surface area (Å²) in [5.74, 6) is 0. The van der Waals surface area contributed by atoms with Crippen LogP contribution in [0.1, 0.15) is 60.1 Å². The molecule has 0 aliphatic carbocycles. The van der Waals surface area contributed by atoms with E-state index in [1.165, 1.54) is 0 Å². The molecule has 1 aromatic carbocycles. The minimum Gasteiger partial charge on any atom is -0.444 e. The molecule has 172 valence electrons. The van der Waals surface area contributed by atoms with Crippen molar-refractivity contribution in [3.63, 3.8) is 0 Å². The Bertz CT molecular complexity index is 738. The van der Waals surface area contributed by atoms with Gasteiger partial charge in [0.15, 0.2) is 0 Å². The maximum atomic E-state index is 12.5. The van der Waals surface area contributed by atoms with Gasteiger partial charge in [0.05, 0.1) is 30.5 Å². The summed E-state index contributed by atoms with van der Waals surface area (Å²) in [5, 5.41) is 3.05. The van der Waals surface area contributed by atoms with E-state index in [9.17, 15) is 4.79 Å². The van der Waals surface area contributed by atoms with Crippen LogP contribution in [-0.2, 0) is 18.8 Å². The number of carbonyl (C=O) groups excluding carboxylic acids is 1. The third-order valence-electron chi connectivity index (χ3n) is 6.10. The Morgan fingerprint density at radius 2 is 1.65 bits per heavy atom. The number of amides is 1. The molecule has 2 aliphatic rings. The van der Waals surface area contributed by atoms with Gasteiger partial charge in [-0.3, -0.25) is 4.90 Å². The summed E-state index contributed by atoms with van der Waals surface area (Å²) in [6.07, 6.45) is -0.416. The molecular weight excluding hydrogens is 395 g/mol. The normalized spacial score (nSPS) is 22.2. The lowest BCUT2D eigenvalue weighted by molar-refractivity contribution is 0.00578. The fourth-order valence-corrected chi connectivity index (χ4v) is 3.59. The zero-order valence-electron chi connectivity index (χ0n) is 20.0. The van der Waals surface area contributed by atoms with E-state index in [0.29, 0.717) is 19.8 Å². The lowest BCUT2D eigenvalue weighted by Crippen LogP contribution is -2.44. The van der Waals surface area contributed by atoms with Crippen molar-refractivity contribution in [3.8, 4) is 0 Å². The molecule has 0 radical (unpaired) electrons. The SMILES string of the molecule is CC(C)(C)OC(=O)N[C@@H](CN1CCOCC1)c1ccc(B2OC(C)(C)C(C)(C)O2)cc1. The second kappa shape index (κ2) is 9.10. The van der Waals surface area contributed by atoms with Crippen LogP contribution in [0.5, 0.6) is 0 Å². The summed E-state index contributed by atoms with van der Waals surface area (Å²) >= 11 is 0. The van der Waals surface area contributed by atoms with Gasteiger partial charge in [0.2, 0.25) is 0 Å². The summed E-state index contributed by atoms with van der Waals surface area (Å²) in [7, 11) is -0.407. The van der Waals surface area contributed by atoms with Crippen molar-refractivity contribution in [2.75, 3.05) is 32.8 Å². The van der Waals surface area contributed by atoms with E-state index in [2.05, 4.69) is 10.2 Å². The van der Waals surface area contributed by atoms with Gasteiger partial charge in [-0.05, 0) is 59.5 Å². The molecule has 1 aromatic rings. The number of carbonyl (C=O) groups is 1. The van der Waals surface area contributed by atoms with E-state index in [4.69, 9.17) is 18.8 Å². The van der Waals surface area contributed by atoms with Gasteiger partial charge >= 0.3 is 13.2 Å². The fourth-order valence-electron chi connectivity index (χ4n) is 3.59. The van der Waals surface area contributed by atoms with Crippen LogP contribution in [0.3, 0.4) is 0 Å². The van der Waals surface area contributed by atoms with E-state index in [-0.39, 0.29) is 17.2 Å². The van der Waals surface area contributed by atoms with Gasteiger partial charge < -0.3 is 24.1 Å². The van der Waals surface area contributed by atoms with Gasteiger partial charge in [-0.2, -0.15) is 0 Å². The van der Waals surface area contributed by atoms with Crippen molar-refractivity contribution in [1.82, 2.24) is 10.2 Å². The summed E-state index contributed by atoms with van der Waals surface area (Å²) in [6.45, 7) is 17.6. The molecule has 0 spiro atoms. The van der Waals surface area contributed by atoms with E-state index >= 15 is 0 Å². The smallest absolute Gasteiger partial charge is 0.444 e. The van der Waals surface area contributed by atoms with Gasteiger partial charge in [-0.25, -0.2) is 4.79 Å². The molecule has 0 bridgehead atoms. The molecule has 2 fully saturated rings. The maximum Gasteiger partial charge on any atom is 0.494 e. The molecule has 0 aromatic heterocycles. The Morgan fingerprint density at radius 3 is 2.16 bits per heavy atom. The highest BCUT2D eigenvalue weighted by molar-refractivity contribution is 6.62. The highest BCUT2D eigenvalue weighted by atomic mass is 16.7. The van der Waals surface area contributed by atoms with Crippen LogP contribution in [0, 0.1) is 0 Å². The number of ether oxygens (including phenoxy) is 2. The maximum absolute atomic E-state index is 12.5. The second-order valence-corrected chi connectivity index (χ2v) is 10.4. The minimum atomic E-state index is -0.547. The summed E-state index contributed by atoms with van der Waals surface area (Å²) < 4.78 is 23.3. The van der Waals surface area contributed by atoms with Gasteiger partial charge in [0.1, 0.15) is 5.60 Å². The van der Waals surface area contributed by atoms with E-state index in [0.717, 1.165) is 24.1 Å². The molecule has 0 saturated carbocycles. The average Bonchev–Trinajstić information content (AvgIpc) is 2.88. The van der Waals surface area contributed by atoms with Gasteiger partial charge in [0.25, 0.3) is 0 Å². The van der Waals surface area contributed by atoms with Crippen LogP contribution in [0.15, 0.2) is 24.3 Å². The fraction of sp³-hybridized carbons (Fsp3) is 0.696. The Hall–Kier alpha value is -1.61. The summed E-state index contributed by atoms with van der Waals surface area (Å²) in [5.41, 5.74) is 0.664. The Balaban J connectivity index is 1.74. The number of alkyl carbamates (subject to hydrolysis) is 1. The minimum absolute atomic E-state index is 0.194. The van der Waals surface area contributed by atoms with E-state index in [1.807, 2.05) is 72.7 Å². The molecule has 0 unspecified atom stereocenters. The first-order chi connectivity index (χ1) is 14.4. The molecule has 3 rings (SSSR count).